The lowest BCUT2D eigenvalue weighted by atomic mass is 9.89. The molecule has 0 aromatic rings. The zero-order valence-corrected chi connectivity index (χ0v) is 13.9. The minimum atomic E-state index is -0.851. The second-order valence-electron chi connectivity index (χ2n) is 6.21. The Hall–Kier alpha value is -0.710. The van der Waals surface area contributed by atoms with Gasteiger partial charge in [0.2, 0.25) is 11.8 Å². The van der Waals surface area contributed by atoms with Gasteiger partial charge in [0, 0.05) is 6.54 Å². The van der Waals surface area contributed by atoms with Crippen molar-refractivity contribution in [3.63, 3.8) is 0 Å². The van der Waals surface area contributed by atoms with Crippen LogP contribution in [0.1, 0.15) is 52.9 Å². The van der Waals surface area contributed by atoms with Crippen molar-refractivity contribution in [3.05, 3.63) is 0 Å². The van der Waals surface area contributed by atoms with E-state index in [1.54, 1.807) is 13.8 Å². The molecule has 0 unspecified atom stereocenters. The molecular formula is C15H28N2O2S. The molecule has 2 N–H and O–H groups in total. The number of thioether (sulfide) groups is 1. The number of nitrogens with one attached hydrogen (secondary N) is 2. The normalized spacial score (nSPS) is 18.4. The average Bonchev–Trinajstić information content (AvgIpc) is 2.44. The summed E-state index contributed by atoms with van der Waals surface area (Å²) in [5.74, 6) is 0.421. The first-order valence-electron chi connectivity index (χ1n) is 7.50. The zero-order valence-electron chi connectivity index (χ0n) is 13.1. The third-order valence-electron chi connectivity index (χ3n) is 4.00. The van der Waals surface area contributed by atoms with E-state index in [-0.39, 0.29) is 17.1 Å². The third-order valence-corrected chi connectivity index (χ3v) is 4.92. The van der Waals surface area contributed by atoms with Gasteiger partial charge in [-0.2, -0.15) is 11.8 Å². The fourth-order valence-corrected chi connectivity index (χ4v) is 2.70. The van der Waals surface area contributed by atoms with Crippen LogP contribution in [0.5, 0.6) is 0 Å². The number of carbonyl (C=O) groups is 2. The molecule has 1 fully saturated rings. The van der Waals surface area contributed by atoms with E-state index >= 15 is 0 Å². The molecule has 0 spiro atoms. The van der Waals surface area contributed by atoms with E-state index in [9.17, 15) is 9.59 Å². The van der Waals surface area contributed by atoms with Crippen LogP contribution in [0.3, 0.4) is 0 Å². The molecule has 0 heterocycles. The Balaban J connectivity index is 2.41. The number of rotatable bonds is 6. The second-order valence-corrected chi connectivity index (χ2v) is 7.38. The van der Waals surface area contributed by atoms with Gasteiger partial charge in [0.25, 0.3) is 0 Å². The molecule has 1 saturated carbocycles. The molecule has 1 aliphatic carbocycles. The zero-order chi connectivity index (χ0) is 15.2. The highest BCUT2D eigenvalue weighted by atomic mass is 32.2. The first kappa shape index (κ1) is 17.3. The van der Waals surface area contributed by atoms with E-state index in [4.69, 9.17) is 0 Å². The lowest BCUT2D eigenvalue weighted by molar-refractivity contribution is -0.132. The molecule has 4 nitrogen and oxygen atoms in total. The molecule has 116 valence electrons. The summed E-state index contributed by atoms with van der Waals surface area (Å²) in [7, 11) is 0. The number of carbonyl (C=O) groups excluding carboxylic acids is 2. The van der Waals surface area contributed by atoms with Crippen LogP contribution in [0.15, 0.2) is 0 Å². The molecule has 20 heavy (non-hydrogen) atoms. The molecule has 5 heteroatoms. The SMILES string of the molecule is CS[C@H](C)C(=O)NC(C)(C)C(=O)NCC1CCCCC1. The lowest BCUT2D eigenvalue weighted by Crippen LogP contribution is -2.56. The number of hydrogen-bond acceptors (Lipinski definition) is 3. The van der Waals surface area contributed by atoms with Gasteiger partial charge in [0.1, 0.15) is 5.54 Å². The van der Waals surface area contributed by atoms with Crippen molar-refractivity contribution in [2.24, 2.45) is 5.92 Å². The Morgan fingerprint density at radius 3 is 2.40 bits per heavy atom. The van der Waals surface area contributed by atoms with Gasteiger partial charge in [0.15, 0.2) is 0 Å². The summed E-state index contributed by atoms with van der Waals surface area (Å²) in [5, 5.41) is 5.68. The van der Waals surface area contributed by atoms with Crippen LogP contribution in [0.4, 0.5) is 0 Å². The Kier molecular flexibility index (Phi) is 6.86. The van der Waals surface area contributed by atoms with Crippen LogP contribution < -0.4 is 10.6 Å². The first-order valence-corrected chi connectivity index (χ1v) is 8.78. The van der Waals surface area contributed by atoms with Gasteiger partial charge in [-0.3, -0.25) is 9.59 Å². The van der Waals surface area contributed by atoms with Crippen molar-refractivity contribution >= 4 is 23.6 Å². The smallest absolute Gasteiger partial charge is 0.245 e. The highest BCUT2D eigenvalue weighted by Gasteiger charge is 2.31. The molecule has 1 rings (SSSR count). The molecule has 0 bridgehead atoms. The maximum absolute atomic E-state index is 12.2. The Labute approximate surface area is 126 Å². The summed E-state index contributed by atoms with van der Waals surface area (Å²) >= 11 is 1.48. The summed E-state index contributed by atoms with van der Waals surface area (Å²) in [6.07, 6.45) is 8.16. The second kappa shape index (κ2) is 7.91. The van der Waals surface area contributed by atoms with Crippen LogP contribution in [0.2, 0.25) is 0 Å². The predicted molar refractivity (Wildman–Crippen MR) is 84.8 cm³/mol. The average molecular weight is 300 g/mol. The minimum Gasteiger partial charge on any atom is -0.354 e. The van der Waals surface area contributed by atoms with Crippen LogP contribution in [-0.4, -0.2) is 35.4 Å². The van der Waals surface area contributed by atoms with Crippen molar-refractivity contribution in [1.29, 1.82) is 0 Å². The maximum atomic E-state index is 12.2. The van der Waals surface area contributed by atoms with Crippen LogP contribution in [0.25, 0.3) is 0 Å². The van der Waals surface area contributed by atoms with Gasteiger partial charge in [0.05, 0.1) is 5.25 Å². The van der Waals surface area contributed by atoms with Crippen molar-refractivity contribution in [3.8, 4) is 0 Å². The lowest BCUT2D eigenvalue weighted by Gasteiger charge is -2.28. The summed E-state index contributed by atoms with van der Waals surface area (Å²) in [5.41, 5.74) is -0.851. The van der Waals surface area contributed by atoms with E-state index < -0.39 is 5.54 Å². The third kappa shape index (κ3) is 5.35. The van der Waals surface area contributed by atoms with Gasteiger partial charge in [-0.25, -0.2) is 0 Å². The molecule has 2 amide bonds. The maximum Gasteiger partial charge on any atom is 0.245 e. The molecule has 1 aliphatic rings. The fourth-order valence-electron chi connectivity index (χ4n) is 2.42. The molecular weight excluding hydrogens is 272 g/mol. The quantitative estimate of drug-likeness (QED) is 0.791. The van der Waals surface area contributed by atoms with Crippen molar-refractivity contribution in [2.75, 3.05) is 12.8 Å². The first-order chi connectivity index (χ1) is 9.36. The summed E-state index contributed by atoms with van der Waals surface area (Å²) in [4.78, 5) is 24.1. The van der Waals surface area contributed by atoms with Crippen molar-refractivity contribution < 1.29 is 9.59 Å². The van der Waals surface area contributed by atoms with Gasteiger partial charge >= 0.3 is 0 Å². The van der Waals surface area contributed by atoms with Gasteiger partial charge in [-0.15, -0.1) is 0 Å². The minimum absolute atomic E-state index is 0.0877. The van der Waals surface area contributed by atoms with Gasteiger partial charge in [-0.05, 0) is 45.8 Å². The van der Waals surface area contributed by atoms with Crippen LogP contribution in [-0.2, 0) is 9.59 Å². The Bertz CT molecular complexity index is 339. The monoisotopic (exact) mass is 300 g/mol. The molecule has 0 saturated heterocycles. The fraction of sp³-hybridized carbons (Fsp3) is 0.867. The molecule has 0 radical (unpaired) electrons. The summed E-state index contributed by atoms with van der Waals surface area (Å²) in [6.45, 7) is 6.09. The number of amides is 2. The van der Waals surface area contributed by atoms with Crippen molar-refractivity contribution in [2.45, 2.75) is 63.7 Å². The van der Waals surface area contributed by atoms with Crippen LogP contribution in [0, 0.1) is 5.92 Å². The highest BCUT2D eigenvalue weighted by Crippen LogP contribution is 2.22. The van der Waals surface area contributed by atoms with E-state index in [2.05, 4.69) is 10.6 Å². The standard InChI is InChI=1S/C15H28N2O2S/c1-11(20-4)13(18)17-15(2,3)14(19)16-10-12-8-6-5-7-9-12/h11-12H,5-10H2,1-4H3,(H,16,19)(H,17,18)/t11-/m1/s1. The van der Waals surface area contributed by atoms with E-state index in [0.29, 0.717) is 5.92 Å². The molecule has 1 atom stereocenters. The van der Waals surface area contributed by atoms with E-state index in [1.165, 1.54) is 43.9 Å². The largest absolute Gasteiger partial charge is 0.354 e. The predicted octanol–water partition coefficient (Wildman–Crippen LogP) is 2.33. The van der Waals surface area contributed by atoms with E-state index in [1.807, 2.05) is 13.2 Å². The summed E-state index contributed by atoms with van der Waals surface area (Å²) in [6, 6.07) is 0. The topological polar surface area (TPSA) is 58.2 Å². The Morgan fingerprint density at radius 1 is 1.25 bits per heavy atom. The van der Waals surface area contributed by atoms with Crippen LogP contribution >= 0.6 is 11.8 Å². The van der Waals surface area contributed by atoms with E-state index in [0.717, 1.165) is 6.54 Å². The summed E-state index contributed by atoms with van der Waals surface area (Å²) < 4.78 is 0. The molecule has 0 aromatic carbocycles. The molecule has 0 aromatic heterocycles. The molecule has 0 aliphatic heterocycles. The van der Waals surface area contributed by atoms with Crippen molar-refractivity contribution in [1.82, 2.24) is 10.6 Å². The number of hydrogen-bond donors (Lipinski definition) is 2. The van der Waals surface area contributed by atoms with Gasteiger partial charge in [-0.1, -0.05) is 19.3 Å². The van der Waals surface area contributed by atoms with Gasteiger partial charge < -0.3 is 10.6 Å². The highest BCUT2D eigenvalue weighted by molar-refractivity contribution is 7.99. The Morgan fingerprint density at radius 2 is 1.85 bits per heavy atom.